The molecule has 3 heterocycles. The van der Waals surface area contributed by atoms with Crippen molar-refractivity contribution in [3.63, 3.8) is 0 Å². The molecule has 2 saturated heterocycles. The minimum atomic E-state index is -0.448. The van der Waals surface area contributed by atoms with E-state index in [1.54, 1.807) is 30.0 Å². The van der Waals surface area contributed by atoms with Gasteiger partial charge in [0.05, 0.1) is 26.4 Å². The number of amides is 2. The molecule has 2 amide bonds. The molecule has 140 valence electrons. The maximum Gasteiger partial charge on any atom is 0.319 e. The lowest BCUT2D eigenvalue weighted by molar-refractivity contribution is -0.0535. The Morgan fingerprint density at radius 1 is 1.54 bits per heavy atom. The number of carbonyl (C=O) groups is 1. The van der Waals surface area contributed by atoms with Crippen molar-refractivity contribution in [2.75, 3.05) is 58.9 Å². The number of urea groups is 1. The number of aromatic nitrogens is 1. The van der Waals surface area contributed by atoms with Gasteiger partial charge in [0, 0.05) is 33.1 Å². The van der Waals surface area contributed by atoms with Crippen LogP contribution in [0.2, 0.25) is 0 Å². The van der Waals surface area contributed by atoms with Crippen LogP contribution in [-0.2, 0) is 9.47 Å². The Labute approximate surface area is 153 Å². The van der Waals surface area contributed by atoms with Crippen molar-refractivity contribution in [1.29, 1.82) is 5.26 Å². The number of nitrogens with one attached hydrogen (secondary N) is 1. The molecule has 1 spiro atoms. The van der Waals surface area contributed by atoms with Gasteiger partial charge in [-0.3, -0.25) is 0 Å². The zero-order valence-electron chi connectivity index (χ0n) is 15.3. The number of ether oxygens (including phenoxy) is 2. The third-order valence-electron chi connectivity index (χ3n) is 4.72. The van der Waals surface area contributed by atoms with Crippen molar-refractivity contribution >= 4 is 11.8 Å². The average molecular weight is 359 g/mol. The van der Waals surface area contributed by atoms with Crippen LogP contribution in [0.1, 0.15) is 12.1 Å². The van der Waals surface area contributed by atoms with E-state index in [9.17, 15) is 4.79 Å². The summed E-state index contributed by atoms with van der Waals surface area (Å²) in [6.45, 7) is 3.46. The summed E-state index contributed by atoms with van der Waals surface area (Å²) in [5.74, 6) is 0.979. The van der Waals surface area contributed by atoms with Gasteiger partial charge in [-0.15, -0.1) is 0 Å². The Bertz CT molecular complexity index is 690. The molecule has 2 atom stereocenters. The summed E-state index contributed by atoms with van der Waals surface area (Å²) in [5.41, 5.74) is -0.0552. The molecule has 0 saturated carbocycles. The molecule has 2 fully saturated rings. The third kappa shape index (κ3) is 4.23. The van der Waals surface area contributed by atoms with Gasteiger partial charge >= 0.3 is 6.03 Å². The quantitative estimate of drug-likeness (QED) is 0.871. The van der Waals surface area contributed by atoms with Gasteiger partial charge in [-0.25, -0.2) is 9.78 Å². The first-order valence-electron chi connectivity index (χ1n) is 8.80. The molecule has 2 aliphatic rings. The predicted octanol–water partition coefficient (Wildman–Crippen LogP) is 1.15. The fourth-order valence-electron chi connectivity index (χ4n) is 3.48. The Balaban J connectivity index is 1.59. The number of anilines is 1. The van der Waals surface area contributed by atoms with Crippen molar-refractivity contribution in [2.24, 2.45) is 5.92 Å². The molecular weight excluding hydrogens is 334 g/mol. The van der Waals surface area contributed by atoms with Crippen molar-refractivity contribution in [2.45, 2.75) is 12.0 Å². The lowest BCUT2D eigenvalue weighted by Crippen LogP contribution is -2.49. The molecule has 1 N–H and O–H groups in total. The molecule has 0 aliphatic carbocycles. The van der Waals surface area contributed by atoms with Crippen LogP contribution < -0.4 is 5.32 Å². The van der Waals surface area contributed by atoms with Crippen LogP contribution in [0.15, 0.2) is 18.2 Å². The number of rotatable bonds is 3. The van der Waals surface area contributed by atoms with Crippen LogP contribution in [-0.4, -0.2) is 80.0 Å². The van der Waals surface area contributed by atoms with Crippen LogP contribution >= 0.6 is 0 Å². The maximum atomic E-state index is 12.3. The highest BCUT2D eigenvalue weighted by Crippen LogP contribution is 2.33. The minimum Gasteiger partial charge on any atom is -0.377 e. The second kappa shape index (κ2) is 7.89. The van der Waals surface area contributed by atoms with Gasteiger partial charge in [-0.05, 0) is 18.6 Å². The minimum absolute atomic E-state index is 0.0161. The molecule has 8 nitrogen and oxygen atoms in total. The lowest BCUT2D eigenvalue weighted by Gasteiger charge is -2.32. The lowest BCUT2D eigenvalue weighted by atomic mass is 9.94. The monoisotopic (exact) mass is 359 g/mol. The SMILES string of the molecule is CN(C)C(=O)N1CCOCC2(CC(CNc3cccc(C#N)n3)CO2)C1. The van der Waals surface area contributed by atoms with Crippen LogP contribution in [0.25, 0.3) is 0 Å². The van der Waals surface area contributed by atoms with Crippen LogP contribution in [0.3, 0.4) is 0 Å². The van der Waals surface area contributed by atoms with E-state index in [1.165, 1.54) is 0 Å². The van der Waals surface area contributed by atoms with Gasteiger partial charge in [0.25, 0.3) is 0 Å². The summed E-state index contributed by atoms with van der Waals surface area (Å²) < 4.78 is 11.8. The molecule has 26 heavy (non-hydrogen) atoms. The van der Waals surface area contributed by atoms with Crippen LogP contribution in [0, 0.1) is 17.2 Å². The fraction of sp³-hybridized carbons (Fsp3) is 0.611. The number of hydrogen-bond acceptors (Lipinski definition) is 6. The standard InChI is InChI=1S/C18H25N5O3/c1-22(2)17(24)23-6-7-25-13-18(12-23)8-14(11-26-18)10-20-16-5-3-4-15(9-19)21-16/h3-5,14H,6-8,10-13H2,1-2H3,(H,20,21). The number of carbonyl (C=O) groups excluding carboxylic acids is 1. The molecular formula is C18H25N5O3. The first-order chi connectivity index (χ1) is 12.5. The summed E-state index contributed by atoms with van der Waals surface area (Å²) >= 11 is 0. The Morgan fingerprint density at radius 3 is 3.15 bits per heavy atom. The molecule has 2 aliphatic heterocycles. The van der Waals surface area contributed by atoms with Gasteiger partial charge in [-0.2, -0.15) is 5.26 Å². The van der Waals surface area contributed by atoms with Crippen LogP contribution in [0.4, 0.5) is 10.6 Å². The second-order valence-corrected chi connectivity index (χ2v) is 7.12. The van der Waals surface area contributed by atoms with Crippen molar-refractivity contribution < 1.29 is 14.3 Å². The van der Waals surface area contributed by atoms with E-state index in [0.29, 0.717) is 56.9 Å². The molecule has 1 aromatic rings. The highest BCUT2D eigenvalue weighted by molar-refractivity contribution is 5.74. The van der Waals surface area contributed by atoms with E-state index >= 15 is 0 Å². The number of nitriles is 1. The van der Waals surface area contributed by atoms with Crippen molar-refractivity contribution in [3.05, 3.63) is 23.9 Å². The van der Waals surface area contributed by atoms with E-state index in [1.807, 2.05) is 18.2 Å². The molecule has 3 rings (SSSR count). The normalized spacial score (nSPS) is 25.6. The van der Waals surface area contributed by atoms with E-state index in [2.05, 4.69) is 10.3 Å². The van der Waals surface area contributed by atoms with E-state index in [0.717, 1.165) is 6.42 Å². The molecule has 2 unspecified atom stereocenters. The second-order valence-electron chi connectivity index (χ2n) is 7.12. The number of hydrogen-bond donors (Lipinski definition) is 1. The Morgan fingerprint density at radius 2 is 2.38 bits per heavy atom. The summed E-state index contributed by atoms with van der Waals surface area (Å²) in [7, 11) is 3.51. The third-order valence-corrected chi connectivity index (χ3v) is 4.72. The average Bonchev–Trinajstić information content (AvgIpc) is 2.92. The van der Waals surface area contributed by atoms with Gasteiger partial charge < -0.3 is 24.6 Å². The van der Waals surface area contributed by atoms with Crippen molar-refractivity contribution in [3.8, 4) is 6.07 Å². The summed E-state index contributed by atoms with van der Waals surface area (Å²) in [6, 6.07) is 7.36. The Kier molecular flexibility index (Phi) is 5.59. The van der Waals surface area contributed by atoms with Gasteiger partial charge in [0.1, 0.15) is 23.2 Å². The van der Waals surface area contributed by atoms with Gasteiger partial charge in [-0.1, -0.05) is 6.07 Å². The molecule has 8 heteroatoms. The van der Waals surface area contributed by atoms with Gasteiger partial charge in [0.15, 0.2) is 0 Å². The zero-order valence-corrected chi connectivity index (χ0v) is 15.3. The van der Waals surface area contributed by atoms with E-state index in [4.69, 9.17) is 14.7 Å². The van der Waals surface area contributed by atoms with E-state index < -0.39 is 5.60 Å². The molecule has 1 aromatic heterocycles. The first-order valence-corrected chi connectivity index (χ1v) is 8.80. The van der Waals surface area contributed by atoms with E-state index in [-0.39, 0.29) is 6.03 Å². The summed E-state index contributed by atoms with van der Waals surface area (Å²) in [4.78, 5) is 20.0. The highest BCUT2D eigenvalue weighted by atomic mass is 16.5. The summed E-state index contributed by atoms with van der Waals surface area (Å²) in [6.07, 6.45) is 0.815. The summed E-state index contributed by atoms with van der Waals surface area (Å²) in [5, 5.41) is 12.2. The smallest absolute Gasteiger partial charge is 0.319 e. The molecule has 0 radical (unpaired) electrons. The largest absolute Gasteiger partial charge is 0.377 e. The maximum absolute atomic E-state index is 12.3. The number of pyridine rings is 1. The number of nitrogens with zero attached hydrogens (tertiary/aromatic N) is 4. The van der Waals surface area contributed by atoms with Crippen molar-refractivity contribution in [1.82, 2.24) is 14.8 Å². The first kappa shape index (κ1) is 18.4. The zero-order chi connectivity index (χ0) is 18.6. The predicted molar refractivity (Wildman–Crippen MR) is 95.7 cm³/mol. The van der Waals surface area contributed by atoms with Gasteiger partial charge in [0.2, 0.25) is 0 Å². The fourth-order valence-corrected chi connectivity index (χ4v) is 3.48. The molecule has 0 bridgehead atoms. The van der Waals surface area contributed by atoms with Crippen LogP contribution in [0.5, 0.6) is 0 Å². The topological polar surface area (TPSA) is 90.7 Å². The Hall–Kier alpha value is -2.37. The molecule has 0 aromatic carbocycles. The highest BCUT2D eigenvalue weighted by Gasteiger charge is 2.44.